The lowest BCUT2D eigenvalue weighted by atomic mass is 10.1. The number of aromatic nitrogens is 4. The molecule has 0 aliphatic heterocycles. The molecule has 5 nitrogen and oxygen atoms in total. The van der Waals surface area contributed by atoms with E-state index < -0.39 is 12.0 Å². The van der Waals surface area contributed by atoms with Gasteiger partial charge >= 0.3 is 0 Å². The second-order valence-electron chi connectivity index (χ2n) is 3.27. The summed E-state index contributed by atoms with van der Waals surface area (Å²) in [5.41, 5.74) is 0.0101. The van der Waals surface area contributed by atoms with Crippen molar-refractivity contribution < 1.29 is 4.39 Å². The van der Waals surface area contributed by atoms with Crippen LogP contribution in [0.2, 0.25) is 5.15 Å². The van der Waals surface area contributed by atoms with Crippen LogP contribution in [0.4, 0.5) is 4.39 Å². The zero-order valence-electron chi connectivity index (χ0n) is 8.32. The van der Waals surface area contributed by atoms with Crippen molar-refractivity contribution in [2.24, 2.45) is 0 Å². The van der Waals surface area contributed by atoms with E-state index in [0.717, 1.165) is 0 Å². The standard InChI is InChI=1S/C9H8ClFN4O/c1-5(15-3-2-8(11)14-15)6-4-7(10)12-13-9(6)16/h2-5H,1H3,(H,13,16)/t5-/m0/s1. The van der Waals surface area contributed by atoms with Gasteiger partial charge in [0.2, 0.25) is 5.95 Å². The highest BCUT2D eigenvalue weighted by Gasteiger charge is 2.14. The minimum Gasteiger partial charge on any atom is -0.268 e. The summed E-state index contributed by atoms with van der Waals surface area (Å²) in [5, 5.41) is 9.56. The molecule has 2 aromatic rings. The van der Waals surface area contributed by atoms with E-state index in [1.807, 2.05) is 0 Å². The number of nitrogens with zero attached hydrogens (tertiary/aromatic N) is 3. The number of nitrogens with one attached hydrogen (secondary N) is 1. The molecule has 2 rings (SSSR count). The summed E-state index contributed by atoms with van der Waals surface area (Å²) >= 11 is 5.67. The predicted molar refractivity (Wildman–Crippen MR) is 55.9 cm³/mol. The molecule has 0 spiro atoms. The quantitative estimate of drug-likeness (QED) is 0.865. The van der Waals surface area contributed by atoms with Crippen LogP contribution in [0.1, 0.15) is 18.5 Å². The largest absolute Gasteiger partial charge is 0.269 e. The first-order valence-corrected chi connectivity index (χ1v) is 4.91. The molecule has 0 saturated heterocycles. The zero-order chi connectivity index (χ0) is 11.7. The van der Waals surface area contributed by atoms with Gasteiger partial charge in [0.05, 0.1) is 6.04 Å². The Morgan fingerprint density at radius 1 is 1.62 bits per heavy atom. The number of hydrogen-bond acceptors (Lipinski definition) is 3. The lowest BCUT2D eigenvalue weighted by molar-refractivity contribution is 0.496. The molecule has 0 unspecified atom stereocenters. The molecule has 7 heteroatoms. The Bertz CT molecular complexity index is 565. The van der Waals surface area contributed by atoms with Gasteiger partial charge in [0.15, 0.2) is 0 Å². The van der Waals surface area contributed by atoms with Gasteiger partial charge in [-0.2, -0.15) is 9.49 Å². The van der Waals surface area contributed by atoms with Gasteiger partial charge in [0.1, 0.15) is 5.15 Å². The van der Waals surface area contributed by atoms with E-state index in [1.165, 1.54) is 23.0 Å². The normalized spacial score (nSPS) is 12.7. The van der Waals surface area contributed by atoms with Gasteiger partial charge < -0.3 is 0 Å². The molecule has 84 valence electrons. The van der Waals surface area contributed by atoms with Crippen molar-refractivity contribution in [2.75, 3.05) is 0 Å². The first-order chi connectivity index (χ1) is 7.58. The van der Waals surface area contributed by atoms with Crippen molar-refractivity contribution in [3.05, 3.63) is 45.3 Å². The van der Waals surface area contributed by atoms with Crippen LogP contribution >= 0.6 is 11.6 Å². The lowest BCUT2D eigenvalue weighted by Crippen LogP contribution is -2.20. The monoisotopic (exact) mass is 242 g/mol. The molecule has 0 bridgehead atoms. The average molecular weight is 243 g/mol. The molecular formula is C9H8ClFN4O. The minimum atomic E-state index is -0.594. The van der Waals surface area contributed by atoms with E-state index in [9.17, 15) is 9.18 Å². The van der Waals surface area contributed by atoms with Gasteiger partial charge in [-0.1, -0.05) is 11.6 Å². The maximum absolute atomic E-state index is 12.7. The second-order valence-corrected chi connectivity index (χ2v) is 3.66. The number of H-pyrrole nitrogens is 1. The number of halogens is 2. The van der Waals surface area contributed by atoms with Crippen molar-refractivity contribution in [3.8, 4) is 0 Å². The molecule has 0 radical (unpaired) electrons. The first kappa shape index (κ1) is 10.8. The Hall–Kier alpha value is -1.69. The molecular weight excluding hydrogens is 235 g/mol. The Morgan fingerprint density at radius 3 is 3.00 bits per heavy atom. The highest BCUT2D eigenvalue weighted by atomic mass is 35.5. The van der Waals surface area contributed by atoms with Crippen molar-refractivity contribution in [1.82, 2.24) is 20.0 Å². The van der Waals surface area contributed by atoms with E-state index in [0.29, 0.717) is 5.56 Å². The number of rotatable bonds is 2. The van der Waals surface area contributed by atoms with Crippen molar-refractivity contribution >= 4 is 11.6 Å². The minimum absolute atomic E-state index is 0.175. The lowest BCUT2D eigenvalue weighted by Gasteiger charge is -2.10. The van der Waals surface area contributed by atoms with E-state index in [4.69, 9.17) is 11.6 Å². The van der Waals surface area contributed by atoms with Crippen LogP contribution in [0.15, 0.2) is 23.1 Å². The van der Waals surface area contributed by atoms with Crippen LogP contribution in [-0.4, -0.2) is 20.0 Å². The summed E-state index contributed by atoms with van der Waals surface area (Å²) in [7, 11) is 0. The summed E-state index contributed by atoms with van der Waals surface area (Å²) in [5.74, 6) is -0.594. The molecule has 1 atom stereocenters. The third-order valence-corrected chi connectivity index (χ3v) is 2.42. The summed E-state index contributed by atoms with van der Waals surface area (Å²) in [6.07, 6.45) is 1.45. The van der Waals surface area contributed by atoms with Crippen molar-refractivity contribution in [3.63, 3.8) is 0 Å². The topological polar surface area (TPSA) is 63.6 Å². The summed E-state index contributed by atoms with van der Waals surface area (Å²) in [6, 6.07) is 2.24. The maximum Gasteiger partial charge on any atom is 0.269 e. The summed E-state index contributed by atoms with van der Waals surface area (Å²) in [4.78, 5) is 11.5. The highest BCUT2D eigenvalue weighted by molar-refractivity contribution is 6.29. The van der Waals surface area contributed by atoms with E-state index in [2.05, 4.69) is 15.3 Å². The van der Waals surface area contributed by atoms with Crippen LogP contribution in [0.25, 0.3) is 0 Å². The summed E-state index contributed by atoms with van der Waals surface area (Å²) < 4.78 is 14.1. The fourth-order valence-electron chi connectivity index (χ4n) is 1.38. The molecule has 2 aromatic heterocycles. The summed E-state index contributed by atoms with van der Waals surface area (Å²) in [6.45, 7) is 1.72. The second kappa shape index (κ2) is 4.05. The van der Waals surface area contributed by atoms with Crippen LogP contribution in [-0.2, 0) is 0 Å². The van der Waals surface area contributed by atoms with Gasteiger partial charge in [-0.25, -0.2) is 5.10 Å². The predicted octanol–water partition coefficient (Wildman–Crippen LogP) is 1.37. The molecule has 0 saturated carbocycles. The first-order valence-electron chi connectivity index (χ1n) is 4.53. The van der Waals surface area contributed by atoms with Gasteiger partial charge in [-0.05, 0) is 13.0 Å². The molecule has 16 heavy (non-hydrogen) atoms. The fourth-order valence-corrected chi connectivity index (χ4v) is 1.54. The number of aromatic amines is 1. The average Bonchev–Trinajstić information content (AvgIpc) is 2.67. The van der Waals surface area contributed by atoms with Crippen molar-refractivity contribution in [1.29, 1.82) is 0 Å². The Labute approximate surface area is 94.9 Å². The zero-order valence-corrected chi connectivity index (χ0v) is 9.07. The van der Waals surface area contributed by atoms with Gasteiger partial charge in [-0.15, -0.1) is 5.10 Å². The number of hydrogen-bond donors (Lipinski definition) is 1. The third kappa shape index (κ3) is 1.96. The van der Waals surface area contributed by atoms with E-state index in [1.54, 1.807) is 6.92 Å². The van der Waals surface area contributed by atoms with Crippen molar-refractivity contribution in [2.45, 2.75) is 13.0 Å². The van der Waals surface area contributed by atoms with Crippen LogP contribution in [0.5, 0.6) is 0 Å². The SMILES string of the molecule is C[C@@H](c1cc(Cl)n[nH]c1=O)n1ccc(F)n1. The Kier molecular flexibility index (Phi) is 2.74. The van der Waals surface area contributed by atoms with Gasteiger partial charge in [-0.3, -0.25) is 9.48 Å². The fraction of sp³-hybridized carbons (Fsp3) is 0.222. The molecule has 0 aromatic carbocycles. The molecule has 1 N–H and O–H groups in total. The molecule has 2 heterocycles. The highest BCUT2D eigenvalue weighted by Crippen LogP contribution is 2.15. The molecule has 0 aliphatic carbocycles. The Morgan fingerprint density at radius 2 is 2.38 bits per heavy atom. The Balaban J connectivity index is 2.44. The van der Waals surface area contributed by atoms with Gasteiger partial charge in [0, 0.05) is 17.8 Å². The van der Waals surface area contributed by atoms with E-state index in [-0.39, 0.29) is 10.7 Å². The molecule has 0 aliphatic rings. The van der Waals surface area contributed by atoms with Crippen LogP contribution in [0.3, 0.4) is 0 Å². The van der Waals surface area contributed by atoms with Crippen LogP contribution in [0, 0.1) is 5.95 Å². The molecule has 0 amide bonds. The van der Waals surface area contributed by atoms with E-state index >= 15 is 0 Å². The third-order valence-electron chi connectivity index (χ3n) is 2.22. The molecule has 0 fully saturated rings. The smallest absolute Gasteiger partial charge is 0.268 e. The maximum atomic E-state index is 12.7. The van der Waals surface area contributed by atoms with Crippen LogP contribution < -0.4 is 5.56 Å². The van der Waals surface area contributed by atoms with Gasteiger partial charge in [0.25, 0.3) is 5.56 Å².